The Bertz CT molecular complexity index is 3970. The van der Waals surface area contributed by atoms with E-state index in [0.29, 0.717) is 17.6 Å². The second-order valence-corrected chi connectivity index (χ2v) is 17.2. The third kappa shape index (κ3) is 6.68. The van der Waals surface area contributed by atoms with Crippen molar-refractivity contribution in [2.24, 2.45) is 0 Å². The van der Waals surface area contributed by atoms with Gasteiger partial charge in [-0.2, -0.15) is 9.97 Å². The van der Waals surface area contributed by atoms with Gasteiger partial charge in [0.1, 0.15) is 0 Å². The molecule has 0 aliphatic carbocycles. The third-order valence-electron chi connectivity index (χ3n) is 13.2. The minimum atomic E-state index is 0.561. The number of hydrogen-bond donors (Lipinski definition) is 0. The topological polar surface area (TPSA) is 48.5 Å². The van der Waals surface area contributed by atoms with E-state index in [1.165, 1.54) is 11.1 Å². The van der Waals surface area contributed by atoms with Crippen LogP contribution in [0.15, 0.2) is 249 Å². The largest absolute Gasteiger partial charge is 0.308 e. The molecule has 0 bridgehead atoms. The van der Waals surface area contributed by atoms with Crippen molar-refractivity contribution in [2.45, 2.75) is 0 Å². The smallest absolute Gasteiger partial charge is 0.238 e. The molecule has 68 heavy (non-hydrogen) atoms. The molecule has 0 aliphatic rings. The van der Waals surface area contributed by atoms with Gasteiger partial charge >= 0.3 is 0 Å². The van der Waals surface area contributed by atoms with Gasteiger partial charge in [0.25, 0.3) is 0 Å². The standard InChI is InChI=1S/C63H41N5/c1-5-18-42(19-6-1)44-32-36-47(37-33-44)51-29-17-28-50(46-22-9-3-10-23-46)60(51)67-56-30-15-13-26-52(56)54-41-59-55(40-58(54)67)53-27-14-16-31-57(53)68(59)63-65-61(48-24-11-4-12-25-48)64-62(66-63)49-38-34-45(35-39-49)43-20-7-2-8-21-43/h1-41H. The number of aromatic nitrogens is 5. The van der Waals surface area contributed by atoms with E-state index in [2.05, 4.69) is 234 Å². The van der Waals surface area contributed by atoms with Crippen LogP contribution in [0, 0.1) is 0 Å². The molecule has 0 unspecified atom stereocenters. The van der Waals surface area contributed by atoms with Gasteiger partial charge in [-0.1, -0.05) is 224 Å². The fourth-order valence-corrected chi connectivity index (χ4v) is 9.98. The van der Waals surface area contributed by atoms with Crippen LogP contribution in [-0.2, 0) is 0 Å². The Morgan fingerprint density at radius 2 is 0.588 bits per heavy atom. The summed E-state index contributed by atoms with van der Waals surface area (Å²) in [5.74, 6) is 1.79. The highest BCUT2D eigenvalue weighted by Gasteiger charge is 2.24. The van der Waals surface area contributed by atoms with Crippen molar-refractivity contribution in [3.05, 3.63) is 249 Å². The molecule has 13 aromatic rings. The second-order valence-electron chi connectivity index (χ2n) is 17.2. The van der Waals surface area contributed by atoms with Gasteiger partial charge in [-0.25, -0.2) is 4.98 Å². The molecular weight excluding hydrogens is 827 g/mol. The van der Waals surface area contributed by atoms with Crippen molar-refractivity contribution in [1.82, 2.24) is 24.1 Å². The highest BCUT2D eigenvalue weighted by Crippen LogP contribution is 2.44. The molecule has 5 heteroatoms. The molecule has 0 saturated carbocycles. The van der Waals surface area contributed by atoms with Crippen LogP contribution in [0.5, 0.6) is 0 Å². The lowest BCUT2D eigenvalue weighted by molar-refractivity contribution is 0.954. The summed E-state index contributed by atoms with van der Waals surface area (Å²) in [7, 11) is 0. The molecule has 0 radical (unpaired) electrons. The number of para-hydroxylation sites is 3. The van der Waals surface area contributed by atoms with Gasteiger partial charge in [0.05, 0.1) is 27.8 Å². The number of hydrogen-bond acceptors (Lipinski definition) is 3. The van der Waals surface area contributed by atoms with Gasteiger partial charge in [0.2, 0.25) is 5.95 Å². The molecule has 3 aromatic heterocycles. The Kier molecular flexibility index (Phi) is 9.43. The van der Waals surface area contributed by atoms with Gasteiger partial charge in [-0.05, 0) is 57.6 Å². The lowest BCUT2D eigenvalue weighted by Gasteiger charge is -2.19. The summed E-state index contributed by atoms with van der Waals surface area (Å²) in [6.45, 7) is 0. The Morgan fingerprint density at radius 1 is 0.235 bits per heavy atom. The molecule has 0 saturated heterocycles. The second kappa shape index (κ2) is 16.4. The first kappa shape index (κ1) is 39.2. The maximum Gasteiger partial charge on any atom is 0.238 e. The molecule has 0 fully saturated rings. The predicted molar refractivity (Wildman–Crippen MR) is 281 cm³/mol. The van der Waals surface area contributed by atoms with Gasteiger partial charge in [0.15, 0.2) is 11.6 Å². The van der Waals surface area contributed by atoms with E-state index < -0.39 is 0 Å². The van der Waals surface area contributed by atoms with E-state index in [-0.39, 0.29) is 0 Å². The van der Waals surface area contributed by atoms with Crippen LogP contribution in [0.3, 0.4) is 0 Å². The minimum Gasteiger partial charge on any atom is -0.308 e. The van der Waals surface area contributed by atoms with E-state index >= 15 is 0 Å². The Labute approximate surface area is 393 Å². The molecule has 0 aliphatic heterocycles. The van der Waals surface area contributed by atoms with Crippen LogP contribution in [0.1, 0.15) is 0 Å². The van der Waals surface area contributed by atoms with Crippen LogP contribution in [0.2, 0.25) is 0 Å². The third-order valence-corrected chi connectivity index (χ3v) is 13.2. The molecule has 318 valence electrons. The van der Waals surface area contributed by atoms with Crippen molar-refractivity contribution >= 4 is 43.6 Å². The van der Waals surface area contributed by atoms with Crippen LogP contribution >= 0.6 is 0 Å². The zero-order chi connectivity index (χ0) is 45.0. The fourth-order valence-electron chi connectivity index (χ4n) is 9.98. The SMILES string of the molecule is c1ccc(-c2ccc(-c3nc(-c4ccccc4)nc(-n4c5ccccc5c5cc6c(cc54)c4ccccc4n6-c4c(-c5ccccc5)cccc4-c4ccc(-c5ccccc5)cc4)n3)cc2)cc1. The van der Waals surface area contributed by atoms with Crippen molar-refractivity contribution in [2.75, 3.05) is 0 Å². The van der Waals surface area contributed by atoms with Gasteiger partial charge < -0.3 is 4.57 Å². The monoisotopic (exact) mass is 867 g/mol. The Hall–Kier alpha value is -9.19. The maximum atomic E-state index is 5.32. The lowest BCUT2D eigenvalue weighted by Crippen LogP contribution is -2.06. The zero-order valence-electron chi connectivity index (χ0n) is 36.9. The minimum absolute atomic E-state index is 0.561. The average molecular weight is 868 g/mol. The summed E-state index contributed by atoms with van der Waals surface area (Å²) in [5.41, 5.74) is 16.6. The molecule has 0 atom stereocenters. The van der Waals surface area contributed by atoms with E-state index in [1.54, 1.807) is 0 Å². The van der Waals surface area contributed by atoms with E-state index in [1.807, 2.05) is 24.3 Å². The number of rotatable bonds is 8. The summed E-state index contributed by atoms with van der Waals surface area (Å²) in [4.78, 5) is 15.7. The highest BCUT2D eigenvalue weighted by atomic mass is 15.2. The zero-order valence-corrected chi connectivity index (χ0v) is 36.9. The first-order valence-electron chi connectivity index (χ1n) is 23.0. The summed E-state index contributed by atoms with van der Waals surface area (Å²) in [6, 6.07) is 88.4. The van der Waals surface area contributed by atoms with Crippen LogP contribution in [0.4, 0.5) is 0 Å². The average Bonchev–Trinajstić information content (AvgIpc) is 3.92. The molecule has 13 rings (SSSR count). The van der Waals surface area contributed by atoms with Crippen molar-refractivity contribution in [1.29, 1.82) is 0 Å². The summed E-state index contributed by atoms with van der Waals surface area (Å²) >= 11 is 0. The molecule has 0 spiro atoms. The molecule has 10 aromatic carbocycles. The van der Waals surface area contributed by atoms with Crippen LogP contribution in [-0.4, -0.2) is 24.1 Å². The first-order chi connectivity index (χ1) is 33.7. The van der Waals surface area contributed by atoms with Gasteiger partial charge in [-0.3, -0.25) is 4.57 Å². The normalized spacial score (nSPS) is 11.5. The van der Waals surface area contributed by atoms with Gasteiger partial charge in [0, 0.05) is 43.8 Å². The van der Waals surface area contributed by atoms with Crippen molar-refractivity contribution in [3.8, 4) is 78.9 Å². The molecule has 5 nitrogen and oxygen atoms in total. The molecular formula is C63H41N5. The van der Waals surface area contributed by atoms with E-state index in [0.717, 1.165) is 93.8 Å². The molecule has 3 heterocycles. The van der Waals surface area contributed by atoms with E-state index in [9.17, 15) is 0 Å². The van der Waals surface area contributed by atoms with Crippen molar-refractivity contribution in [3.63, 3.8) is 0 Å². The number of nitrogens with zero attached hydrogens (tertiary/aromatic N) is 5. The lowest BCUT2D eigenvalue weighted by atomic mass is 9.94. The fraction of sp³-hybridized carbons (Fsp3) is 0. The van der Waals surface area contributed by atoms with Gasteiger partial charge in [-0.15, -0.1) is 0 Å². The molecule has 0 N–H and O–H groups in total. The van der Waals surface area contributed by atoms with Crippen molar-refractivity contribution < 1.29 is 0 Å². The first-order valence-corrected chi connectivity index (χ1v) is 23.0. The van der Waals surface area contributed by atoms with E-state index in [4.69, 9.17) is 15.0 Å². The summed E-state index contributed by atoms with van der Waals surface area (Å²) in [6.07, 6.45) is 0. The summed E-state index contributed by atoms with van der Waals surface area (Å²) < 4.78 is 4.72. The Morgan fingerprint density at radius 3 is 1.10 bits per heavy atom. The van der Waals surface area contributed by atoms with Crippen LogP contribution < -0.4 is 0 Å². The number of fused-ring (bicyclic) bond motifs is 6. The molecule has 0 amide bonds. The quantitative estimate of drug-likeness (QED) is 0.153. The summed E-state index contributed by atoms with van der Waals surface area (Å²) in [5, 5.41) is 4.52. The maximum absolute atomic E-state index is 5.32. The Balaban J connectivity index is 1.06. The predicted octanol–water partition coefficient (Wildman–Crippen LogP) is 16.1. The number of benzene rings is 10. The van der Waals surface area contributed by atoms with Crippen LogP contribution in [0.25, 0.3) is 123 Å². The highest BCUT2D eigenvalue weighted by molar-refractivity contribution is 6.19.